The molecule has 16 heavy (non-hydrogen) atoms. The molecule has 0 saturated heterocycles. The Labute approximate surface area is 96.0 Å². The number of carbonyl (C=O) groups is 1. The van der Waals surface area contributed by atoms with Gasteiger partial charge in [-0.1, -0.05) is 13.0 Å². The summed E-state index contributed by atoms with van der Waals surface area (Å²) in [5.41, 5.74) is 3.28. The lowest BCUT2D eigenvalue weighted by molar-refractivity contribution is 0.0600. The number of rotatable bonds is 2. The van der Waals surface area contributed by atoms with Gasteiger partial charge in [0.15, 0.2) is 0 Å². The van der Waals surface area contributed by atoms with Crippen LogP contribution in [-0.4, -0.2) is 31.1 Å². The van der Waals surface area contributed by atoms with Gasteiger partial charge in [0.1, 0.15) is 0 Å². The Morgan fingerprint density at radius 2 is 2.25 bits per heavy atom. The minimum atomic E-state index is -0.249. The van der Waals surface area contributed by atoms with Crippen LogP contribution in [0.5, 0.6) is 0 Å². The molecule has 0 amide bonds. The van der Waals surface area contributed by atoms with Crippen molar-refractivity contribution in [3.8, 4) is 0 Å². The Balaban J connectivity index is 2.24. The van der Waals surface area contributed by atoms with Crippen molar-refractivity contribution >= 4 is 5.97 Å². The van der Waals surface area contributed by atoms with Gasteiger partial charge in [0.2, 0.25) is 0 Å². The van der Waals surface area contributed by atoms with E-state index in [1.807, 2.05) is 18.2 Å². The first kappa shape index (κ1) is 11.1. The lowest BCUT2D eigenvalue weighted by Crippen LogP contribution is -2.30. The Kier molecular flexibility index (Phi) is 3.25. The summed E-state index contributed by atoms with van der Waals surface area (Å²) in [6, 6.07) is 5.86. The molecule has 1 heterocycles. The summed E-state index contributed by atoms with van der Waals surface area (Å²) in [6.07, 6.45) is 1.02. The summed E-state index contributed by atoms with van der Waals surface area (Å²) in [4.78, 5) is 13.8. The number of ether oxygens (including phenoxy) is 1. The Morgan fingerprint density at radius 3 is 2.94 bits per heavy atom. The largest absolute Gasteiger partial charge is 0.465 e. The van der Waals surface area contributed by atoms with Gasteiger partial charge in [-0.05, 0) is 36.2 Å². The molecule has 0 N–H and O–H groups in total. The molecule has 1 aliphatic heterocycles. The van der Waals surface area contributed by atoms with E-state index in [1.165, 1.54) is 18.2 Å². The first-order valence-electron chi connectivity index (χ1n) is 5.67. The zero-order valence-electron chi connectivity index (χ0n) is 9.82. The van der Waals surface area contributed by atoms with Gasteiger partial charge >= 0.3 is 5.97 Å². The molecule has 0 bridgehead atoms. The number of likely N-dealkylation sites (N-methyl/N-ethyl adjacent to an activating group) is 1. The van der Waals surface area contributed by atoms with Crippen molar-refractivity contribution in [3.63, 3.8) is 0 Å². The van der Waals surface area contributed by atoms with E-state index in [0.717, 1.165) is 26.1 Å². The van der Waals surface area contributed by atoms with Crippen LogP contribution < -0.4 is 0 Å². The highest BCUT2D eigenvalue weighted by Crippen LogP contribution is 2.20. The van der Waals surface area contributed by atoms with Crippen LogP contribution in [0.2, 0.25) is 0 Å². The van der Waals surface area contributed by atoms with Gasteiger partial charge in [-0.3, -0.25) is 4.90 Å². The van der Waals surface area contributed by atoms with E-state index in [0.29, 0.717) is 5.56 Å². The zero-order valence-corrected chi connectivity index (χ0v) is 9.82. The highest BCUT2D eigenvalue weighted by atomic mass is 16.5. The maximum Gasteiger partial charge on any atom is 0.337 e. The third kappa shape index (κ3) is 2.09. The zero-order chi connectivity index (χ0) is 11.5. The highest BCUT2D eigenvalue weighted by molar-refractivity contribution is 5.89. The summed E-state index contributed by atoms with van der Waals surface area (Å²) in [5.74, 6) is -0.249. The topological polar surface area (TPSA) is 29.5 Å². The number of benzene rings is 1. The minimum Gasteiger partial charge on any atom is -0.465 e. The molecule has 1 aromatic carbocycles. The van der Waals surface area contributed by atoms with Crippen LogP contribution in [0.1, 0.15) is 28.4 Å². The van der Waals surface area contributed by atoms with E-state index in [4.69, 9.17) is 4.74 Å². The van der Waals surface area contributed by atoms with Crippen molar-refractivity contribution in [2.45, 2.75) is 19.9 Å². The molecule has 86 valence electrons. The molecule has 2 rings (SSSR count). The SMILES string of the molecule is CCN1CCc2cc(C(=O)OC)ccc2C1. The van der Waals surface area contributed by atoms with Crippen LogP contribution in [0.25, 0.3) is 0 Å². The normalized spacial score (nSPS) is 15.6. The number of hydrogen-bond acceptors (Lipinski definition) is 3. The quantitative estimate of drug-likeness (QED) is 0.711. The van der Waals surface area contributed by atoms with Gasteiger partial charge in [-0.15, -0.1) is 0 Å². The predicted molar refractivity (Wildman–Crippen MR) is 62.4 cm³/mol. The first-order valence-corrected chi connectivity index (χ1v) is 5.67. The highest BCUT2D eigenvalue weighted by Gasteiger charge is 2.16. The molecule has 3 heteroatoms. The fraction of sp³-hybridized carbons (Fsp3) is 0.462. The fourth-order valence-electron chi connectivity index (χ4n) is 2.13. The summed E-state index contributed by atoms with van der Waals surface area (Å²) in [6.45, 7) is 5.33. The van der Waals surface area contributed by atoms with E-state index < -0.39 is 0 Å². The number of methoxy groups -OCH3 is 1. The number of carbonyl (C=O) groups excluding carboxylic acids is 1. The van der Waals surface area contributed by atoms with Gasteiger partial charge in [0.25, 0.3) is 0 Å². The molecule has 0 aromatic heterocycles. The standard InChI is InChI=1S/C13H17NO2/c1-3-14-7-6-10-8-11(13(15)16-2)4-5-12(10)9-14/h4-5,8H,3,6-7,9H2,1-2H3. The van der Waals surface area contributed by atoms with Gasteiger partial charge < -0.3 is 4.74 Å². The van der Waals surface area contributed by atoms with Crippen molar-refractivity contribution in [2.24, 2.45) is 0 Å². The maximum atomic E-state index is 11.4. The van der Waals surface area contributed by atoms with E-state index in [-0.39, 0.29) is 5.97 Å². The molecule has 0 unspecified atom stereocenters. The van der Waals surface area contributed by atoms with Gasteiger partial charge in [-0.25, -0.2) is 4.79 Å². The molecule has 1 aliphatic rings. The van der Waals surface area contributed by atoms with Crippen molar-refractivity contribution in [2.75, 3.05) is 20.2 Å². The second kappa shape index (κ2) is 4.66. The van der Waals surface area contributed by atoms with Crippen molar-refractivity contribution in [1.29, 1.82) is 0 Å². The van der Waals surface area contributed by atoms with E-state index in [9.17, 15) is 4.79 Å². The average molecular weight is 219 g/mol. The molecular formula is C13H17NO2. The van der Waals surface area contributed by atoms with Crippen LogP contribution in [-0.2, 0) is 17.7 Å². The molecule has 0 spiro atoms. The molecule has 0 saturated carbocycles. The monoisotopic (exact) mass is 219 g/mol. The average Bonchev–Trinajstić information content (AvgIpc) is 2.36. The third-order valence-corrected chi connectivity index (χ3v) is 3.17. The number of fused-ring (bicyclic) bond motifs is 1. The Morgan fingerprint density at radius 1 is 1.44 bits per heavy atom. The van der Waals surface area contributed by atoms with Gasteiger partial charge in [0, 0.05) is 13.1 Å². The number of hydrogen-bond donors (Lipinski definition) is 0. The van der Waals surface area contributed by atoms with Gasteiger partial charge in [0.05, 0.1) is 12.7 Å². The molecule has 0 fully saturated rings. The fourth-order valence-corrected chi connectivity index (χ4v) is 2.13. The first-order chi connectivity index (χ1) is 7.74. The van der Waals surface area contributed by atoms with Gasteiger partial charge in [-0.2, -0.15) is 0 Å². The molecule has 3 nitrogen and oxygen atoms in total. The number of esters is 1. The second-order valence-corrected chi connectivity index (χ2v) is 4.09. The Hall–Kier alpha value is -1.35. The van der Waals surface area contributed by atoms with E-state index in [2.05, 4.69) is 11.8 Å². The van der Waals surface area contributed by atoms with Crippen LogP contribution in [0.4, 0.5) is 0 Å². The molecule has 0 aliphatic carbocycles. The minimum absolute atomic E-state index is 0.249. The second-order valence-electron chi connectivity index (χ2n) is 4.09. The summed E-state index contributed by atoms with van der Waals surface area (Å²) >= 11 is 0. The summed E-state index contributed by atoms with van der Waals surface area (Å²) in [5, 5.41) is 0. The maximum absolute atomic E-state index is 11.4. The molecule has 0 radical (unpaired) electrons. The predicted octanol–water partition coefficient (Wildman–Crippen LogP) is 1.85. The Bertz CT molecular complexity index is 401. The molecule has 0 atom stereocenters. The lowest BCUT2D eigenvalue weighted by Gasteiger charge is -2.27. The summed E-state index contributed by atoms with van der Waals surface area (Å²) < 4.78 is 4.72. The van der Waals surface area contributed by atoms with E-state index >= 15 is 0 Å². The summed E-state index contributed by atoms with van der Waals surface area (Å²) in [7, 11) is 1.42. The van der Waals surface area contributed by atoms with E-state index in [1.54, 1.807) is 0 Å². The van der Waals surface area contributed by atoms with Crippen LogP contribution in [0.15, 0.2) is 18.2 Å². The van der Waals surface area contributed by atoms with Crippen LogP contribution in [0.3, 0.4) is 0 Å². The van der Waals surface area contributed by atoms with Crippen LogP contribution in [0, 0.1) is 0 Å². The number of nitrogens with zero attached hydrogens (tertiary/aromatic N) is 1. The van der Waals surface area contributed by atoms with Crippen LogP contribution >= 0.6 is 0 Å². The molecule has 1 aromatic rings. The smallest absolute Gasteiger partial charge is 0.337 e. The van der Waals surface area contributed by atoms with Crippen molar-refractivity contribution < 1.29 is 9.53 Å². The lowest BCUT2D eigenvalue weighted by atomic mass is 9.97. The molecular weight excluding hydrogens is 202 g/mol. The third-order valence-electron chi connectivity index (χ3n) is 3.17. The van der Waals surface area contributed by atoms with Crippen molar-refractivity contribution in [3.05, 3.63) is 34.9 Å². The van der Waals surface area contributed by atoms with Crippen molar-refractivity contribution in [1.82, 2.24) is 4.90 Å².